The largest absolute Gasteiger partial charge is 0.416 e. The van der Waals surface area contributed by atoms with Gasteiger partial charge in [0.05, 0.1) is 23.1 Å². The van der Waals surface area contributed by atoms with Gasteiger partial charge in [0, 0.05) is 4.47 Å². The van der Waals surface area contributed by atoms with Crippen molar-refractivity contribution >= 4 is 33.1 Å². The maximum atomic E-state index is 12.7. The molecule has 0 bridgehead atoms. The van der Waals surface area contributed by atoms with Crippen LogP contribution in [0.25, 0.3) is 0 Å². The summed E-state index contributed by atoms with van der Waals surface area (Å²) in [4.78, 5) is 4.03. The van der Waals surface area contributed by atoms with Crippen LogP contribution in [0.3, 0.4) is 0 Å². The molecule has 0 aliphatic heterocycles. The summed E-state index contributed by atoms with van der Waals surface area (Å²) in [7, 11) is 0. The van der Waals surface area contributed by atoms with Crippen molar-refractivity contribution in [3.05, 3.63) is 46.1 Å². The molecule has 7 heteroatoms. The SMILES string of the molecule is Cc1cc(Nc2cc(C(F)(F)F)ccc2Br)ncc1N. The molecule has 0 atom stereocenters. The van der Waals surface area contributed by atoms with Gasteiger partial charge in [0.1, 0.15) is 5.82 Å². The van der Waals surface area contributed by atoms with E-state index in [1.165, 1.54) is 12.3 Å². The fraction of sp³-hybridized carbons (Fsp3) is 0.154. The number of hydrogen-bond acceptors (Lipinski definition) is 3. The maximum absolute atomic E-state index is 12.7. The number of aromatic nitrogens is 1. The molecule has 20 heavy (non-hydrogen) atoms. The number of nitrogens with two attached hydrogens (primary N) is 1. The van der Waals surface area contributed by atoms with Crippen molar-refractivity contribution in [3.63, 3.8) is 0 Å². The van der Waals surface area contributed by atoms with E-state index in [0.717, 1.165) is 17.7 Å². The fourth-order valence-electron chi connectivity index (χ4n) is 1.57. The number of anilines is 3. The molecule has 0 aliphatic rings. The van der Waals surface area contributed by atoms with E-state index in [2.05, 4.69) is 26.2 Å². The molecule has 3 N–H and O–H groups in total. The maximum Gasteiger partial charge on any atom is 0.416 e. The van der Waals surface area contributed by atoms with E-state index in [4.69, 9.17) is 5.73 Å². The van der Waals surface area contributed by atoms with E-state index in [9.17, 15) is 13.2 Å². The van der Waals surface area contributed by atoms with Gasteiger partial charge in [-0.25, -0.2) is 4.98 Å². The van der Waals surface area contributed by atoms with E-state index in [-0.39, 0.29) is 5.69 Å². The lowest BCUT2D eigenvalue weighted by Gasteiger charge is -2.12. The van der Waals surface area contributed by atoms with Gasteiger partial charge >= 0.3 is 6.18 Å². The molecule has 0 saturated carbocycles. The molecule has 0 unspecified atom stereocenters. The highest BCUT2D eigenvalue weighted by Gasteiger charge is 2.30. The van der Waals surface area contributed by atoms with Crippen LogP contribution in [0, 0.1) is 6.92 Å². The topological polar surface area (TPSA) is 50.9 Å². The van der Waals surface area contributed by atoms with Crippen molar-refractivity contribution in [1.29, 1.82) is 0 Å². The lowest BCUT2D eigenvalue weighted by atomic mass is 10.2. The van der Waals surface area contributed by atoms with Crippen LogP contribution in [0.2, 0.25) is 0 Å². The Morgan fingerprint density at radius 1 is 1.25 bits per heavy atom. The van der Waals surface area contributed by atoms with Crippen LogP contribution in [-0.2, 0) is 6.18 Å². The summed E-state index contributed by atoms with van der Waals surface area (Å²) in [5, 5.41) is 2.84. The van der Waals surface area contributed by atoms with Gasteiger partial charge < -0.3 is 11.1 Å². The lowest BCUT2D eigenvalue weighted by molar-refractivity contribution is -0.137. The first-order chi connectivity index (χ1) is 9.27. The Morgan fingerprint density at radius 3 is 2.55 bits per heavy atom. The van der Waals surface area contributed by atoms with Gasteiger partial charge in [0.15, 0.2) is 0 Å². The van der Waals surface area contributed by atoms with E-state index >= 15 is 0 Å². The second kappa shape index (κ2) is 5.32. The van der Waals surface area contributed by atoms with Gasteiger partial charge in [-0.15, -0.1) is 0 Å². The van der Waals surface area contributed by atoms with E-state index in [1.54, 1.807) is 13.0 Å². The number of aryl methyl sites for hydroxylation is 1. The van der Waals surface area contributed by atoms with Crippen LogP contribution >= 0.6 is 15.9 Å². The Bertz CT molecular complexity index is 641. The van der Waals surface area contributed by atoms with Crippen LogP contribution < -0.4 is 11.1 Å². The second-order valence-corrected chi connectivity index (χ2v) is 5.10. The number of nitrogens with one attached hydrogen (secondary N) is 1. The number of hydrogen-bond donors (Lipinski definition) is 2. The molecular weight excluding hydrogens is 335 g/mol. The predicted molar refractivity (Wildman–Crippen MR) is 75.8 cm³/mol. The van der Waals surface area contributed by atoms with Gasteiger partial charge in [0.2, 0.25) is 0 Å². The van der Waals surface area contributed by atoms with Crippen molar-refractivity contribution < 1.29 is 13.2 Å². The minimum Gasteiger partial charge on any atom is -0.397 e. The highest BCUT2D eigenvalue weighted by Crippen LogP contribution is 2.35. The number of benzene rings is 1. The minimum atomic E-state index is -4.39. The first-order valence-electron chi connectivity index (χ1n) is 5.63. The summed E-state index contributed by atoms with van der Waals surface area (Å²) in [6, 6.07) is 5.05. The van der Waals surface area contributed by atoms with Crippen molar-refractivity contribution in [2.45, 2.75) is 13.1 Å². The average molecular weight is 346 g/mol. The molecule has 0 fully saturated rings. The number of pyridine rings is 1. The monoisotopic (exact) mass is 345 g/mol. The predicted octanol–water partition coefficient (Wildman–Crippen LogP) is 4.50. The normalized spacial score (nSPS) is 11.4. The molecule has 2 aromatic rings. The first kappa shape index (κ1) is 14.6. The summed E-state index contributed by atoms with van der Waals surface area (Å²) in [6.45, 7) is 1.80. The molecule has 0 spiro atoms. The molecule has 1 aromatic heterocycles. The molecule has 1 heterocycles. The third kappa shape index (κ3) is 3.22. The number of alkyl halides is 3. The minimum absolute atomic E-state index is 0.288. The highest BCUT2D eigenvalue weighted by molar-refractivity contribution is 9.10. The van der Waals surface area contributed by atoms with Crippen LogP contribution in [0.1, 0.15) is 11.1 Å². The van der Waals surface area contributed by atoms with Gasteiger partial charge in [-0.2, -0.15) is 13.2 Å². The summed E-state index contributed by atoms with van der Waals surface area (Å²) >= 11 is 3.21. The molecular formula is C13H11BrF3N3. The van der Waals surface area contributed by atoms with Gasteiger partial charge in [-0.05, 0) is 52.7 Å². The van der Waals surface area contributed by atoms with Crippen molar-refractivity contribution in [1.82, 2.24) is 4.98 Å². The fourth-order valence-corrected chi connectivity index (χ4v) is 1.92. The standard InChI is InChI=1S/C13H11BrF3N3/c1-7-4-12(19-6-10(7)18)20-11-5-8(13(15,16)17)2-3-9(11)14/h2-6H,18H2,1H3,(H,19,20). The molecule has 0 radical (unpaired) electrons. The lowest BCUT2D eigenvalue weighted by Crippen LogP contribution is -2.06. The first-order valence-corrected chi connectivity index (χ1v) is 6.42. The number of rotatable bonds is 2. The van der Waals surface area contributed by atoms with Crippen LogP contribution in [0.5, 0.6) is 0 Å². The average Bonchev–Trinajstić information content (AvgIpc) is 2.35. The molecule has 1 aromatic carbocycles. The zero-order valence-corrected chi connectivity index (χ0v) is 12.0. The Balaban J connectivity index is 2.35. The Labute approximate surface area is 122 Å². The smallest absolute Gasteiger partial charge is 0.397 e. The zero-order valence-electron chi connectivity index (χ0n) is 10.4. The van der Waals surface area contributed by atoms with Gasteiger partial charge in [0.25, 0.3) is 0 Å². The molecule has 3 nitrogen and oxygen atoms in total. The highest BCUT2D eigenvalue weighted by atomic mass is 79.9. The Kier molecular flexibility index (Phi) is 3.89. The summed E-state index contributed by atoms with van der Waals surface area (Å²) in [6.07, 6.45) is -2.93. The van der Waals surface area contributed by atoms with Crippen LogP contribution in [0.4, 0.5) is 30.4 Å². The molecule has 106 valence electrons. The quantitative estimate of drug-likeness (QED) is 0.842. The van der Waals surface area contributed by atoms with E-state index < -0.39 is 11.7 Å². The summed E-state index contributed by atoms with van der Waals surface area (Å²) in [5.74, 6) is 0.428. The zero-order chi connectivity index (χ0) is 14.9. The number of halogens is 4. The van der Waals surface area contributed by atoms with E-state index in [0.29, 0.717) is 16.0 Å². The van der Waals surface area contributed by atoms with Crippen molar-refractivity contribution in [2.75, 3.05) is 11.1 Å². The summed E-state index contributed by atoms with van der Waals surface area (Å²) in [5.41, 5.74) is 6.53. The van der Waals surface area contributed by atoms with Gasteiger partial charge in [-0.1, -0.05) is 0 Å². The molecule has 2 rings (SSSR count). The summed E-state index contributed by atoms with van der Waals surface area (Å²) < 4.78 is 38.6. The molecule has 0 saturated heterocycles. The van der Waals surface area contributed by atoms with Crippen molar-refractivity contribution in [3.8, 4) is 0 Å². The molecule has 0 amide bonds. The Morgan fingerprint density at radius 2 is 1.95 bits per heavy atom. The molecule has 0 aliphatic carbocycles. The van der Waals surface area contributed by atoms with Crippen LogP contribution in [-0.4, -0.2) is 4.98 Å². The Hall–Kier alpha value is -1.76. The van der Waals surface area contributed by atoms with Crippen molar-refractivity contribution in [2.24, 2.45) is 0 Å². The third-order valence-electron chi connectivity index (χ3n) is 2.71. The number of nitrogens with zero attached hydrogens (tertiary/aromatic N) is 1. The second-order valence-electron chi connectivity index (χ2n) is 4.24. The van der Waals surface area contributed by atoms with Crippen LogP contribution in [0.15, 0.2) is 34.9 Å². The number of nitrogen functional groups attached to an aromatic ring is 1. The third-order valence-corrected chi connectivity index (χ3v) is 3.40. The van der Waals surface area contributed by atoms with E-state index in [1.807, 2.05) is 0 Å². The van der Waals surface area contributed by atoms with Gasteiger partial charge in [-0.3, -0.25) is 0 Å².